The Morgan fingerprint density at radius 1 is 1.15 bits per heavy atom. The van der Waals surface area contributed by atoms with Crippen LogP contribution in [0, 0.1) is 5.92 Å². The summed E-state index contributed by atoms with van der Waals surface area (Å²) in [6.45, 7) is 3.09. The van der Waals surface area contributed by atoms with Gasteiger partial charge in [-0.2, -0.15) is 0 Å². The second kappa shape index (κ2) is 6.68. The van der Waals surface area contributed by atoms with Crippen LogP contribution in [0.2, 0.25) is 5.02 Å². The van der Waals surface area contributed by atoms with Crippen molar-refractivity contribution in [1.82, 2.24) is 5.32 Å². The van der Waals surface area contributed by atoms with Gasteiger partial charge in [0.15, 0.2) is 11.5 Å². The van der Waals surface area contributed by atoms with Gasteiger partial charge in [-0.1, -0.05) is 37.3 Å². The average Bonchev–Trinajstić information content (AvgIpc) is 2.97. The minimum Gasteiger partial charge on any atom is -0.486 e. The zero-order chi connectivity index (χ0) is 13.8. The molecular formula is C16H22ClNO2. The van der Waals surface area contributed by atoms with Crippen molar-refractivity contribution in [3.05, 3.63) is 22.7 Å². The first-order valence-corrected chi connectivity index (χ1v) is 7.99. The van der Waals surface area contributed by atoms with E-state index in [9.17, 15) is 0 Å². The maximum atomic E-state index is 6.23. The van der Waals surface area contributed by atoms with Crippen LogP contribution >= 0.6 is 11.6 Å². The molecule has 1 N–H and O–H groups in total. The number of nitrogens with one attached hydrogen (secondary N) is 1. The molecule has 1 aliphatic carbocycles. The number of rotatable bonds is 5. The molecule has 0 bridgehead atoms. The van der Waals surface area contributed by atoms with Gasteiger partial charge in [-0.15, -0.1) is 0 Å². The van der Waals surface area contributed by atoms with E-state index in [0.29, 0.717) is 24.0 Å². The maximum Gasteiger partial charge on any atom is 0.179 e. The number of benzene rings is 1. The minimum absolute atomic E-state index is 0.575. The fourth-order valence-electron chi connectivity index (χ4n) is 3.10. The molecule has 0 atom stereocenters. The van der Waals surface area contributed by atoms with E-state index in [4.69, 9.17) is 21.1 Å². The number of fused-ring (bicyclic) bond motifs is 1. The Morgan fingerprint density at radius 2 is 1.95 bits per heavy atom. The largest absolute Gasteiger partial charge is 0.486 e. The highest BCUT2D eigenvalue weighted by Gasteiger charge is 2.17. The van der Waals surface area contributed by atoms with Gasteiger partial charge in [-0.3, -0.25) is 0 Å². The van der Waals surface area contributed by atoms with Gasteiger partial charge in [-0.25, -0.2) is 0 Å². The van der Waals surface area contributed by atoms with Gasteiger partial charge >= 0.3 is 0 Å². The number of halogens is 1. The predicted molar refractivity (Wildman–Crippen MR) is 80.7 cm³/mol. The molecule has 1 fully saturated rings. The monoisotopic (exact) mass is 295 g/mol. The average molecular weight is 296 g/mol. The zero-order valence-electron chi connectivity index (χ0n) is 11.8. The fraction of sp³-hybridized carbons (Fsp3) is 0.625. The lowest BCUT2D eigenvalue weighted by atomic mass is 10.0. The second-order valence-electron chi connectivity index (χ2n) is 5.72. The molecule has 0 aromatic heterocycles. The highest BCUT2D eigenvalue weighted by molar-refractivity contribution is 6.32. The number of ether oxygens (including phenoxy) is 2. The van der Waals surface area contributed by atoms with Crippen LogP contribution in [0.5, 0.6) is 11.5 Å². The number of hydrogen-bond acceptors (Lipinski definition) is 3. The molecule has 1 aromatic carbocycles. The third-order valence-corrected chi connectivity index (χ3v) is 4.47. The molecule has 2 aliphatic rings. The third-order valence-electron chi connectivity index (χ3n) is 4.19. The van der Waals surface area contributed by atoms with Crippen LogP contribution in [0.25, 0.3) is 0 Å². The molecule has 3 nitrogen and oxygen atoms in total. The highest BCUT2D eigenvalue weighted by atomic mass is 35.5. The SMILES string of the molecule is Clc1cc(CNCCC2CCCC2)cc2c1OCCO2. The topological polar surface area (TPSA) is 30.5 Å². The molecule has 0 amide bonds. The first kappa shape index (κ1) is 14.0. The van der Waals surface area contributed by atoms with Gasteiger partial charge in [0.05, 0.1) is 5.02 Å². The Bertz CT molecular complexity index is 458. The molecule has 4 heteroatoms. The van der Waals surface area contributed by atoms with Gasteiger partial charge in [0.2, 0.25) is 0 Å². The minimum atomic E-state index is 0.575. The summed E-state index contributed by atoms with van der Waals surface area (Å²) in [6.07, 6.45) is 6.96. The zero-order valence-corrected chi connectivity index (χ0v) is 12.5. The molecule has 0 radical (unpaired) electrons. The summed E-state index contributed by atoms with van der Waals surface area (Å²) in [5, 5.41) is 4.16. The maximum absolute atomic E-state index is 6.23. The first-order valence-electron chi connectivity index (χ1n) is 7.61. The van der Waals surface area contributed by atoms with Crippen LogP contribution in [0.15, 0.2) is 12.1 Å². The van der Waals surface area contributed by atoms with E-state index < -0.39 is 0 Å². The van der Waals surface area contributed by atoms with E-state index in [-0.39, 0.29) is 0 Å². The van der Waals surface area contributed by atoms with Crippen molar-refractivity contribution < 1.29 is 9.47 Å². The lowest BCUT2D eigenvalue weighted by Crippen LogP contribution is -2.18. The summed E-state index contributed by atoms with van der Waals surface area (Å²) in [7, 11) is 0. The summed E-state index contributed by atoms with van der Waals surface area (Å²) >= 11 is 6.23. The lowest BCUT2D eigenvalue weighted by molar-refractivity contribution is 0.171. The summed E-state index contributed by atoms with van der Waals surface area (Å²) in [4.78, 5) is 0. The molecule has 1 heterocycles. The normalized spacial score (nSPS) is 18.4. The van der Waals surface area contributed by atoms with Crippen LogP contribution in [-0.4, -0.2) is 19.8 Å². The van der Waals surface area contributed by atoms with Gasteiger partial charge in [0.1, 0.15) is 13.2 Å². The van der Waals surface area contributed by atoms with E-state index in [0.717, 1.165) is 30.3 Å². The quantitative estimate of drug-likeness (QED) is 0.839. The van der Waals surface area contributed by atoms with Crippen molar-refractivity contribution in [2.75, 3.05) is 19.8 Å². The molecule has 0 saturated heterocycles. The Morgan fingerprint density at radius 3 is 2.80 bits per heavy atom. The Balaban J connectivity index is 1.51. The van der Waals surface area contributed by atoms with Gasteiger partial charge in [0.25, 0.3) is 0 Å². The van der Waals surface area contributed by atoms with Crippen molar-refractivity contribution in [2.24, 2.45) is 5.92 Å². The number of hydrogen-bond donors (Lipinski definition) is 1. The van der Waals surface area contributed by atoms with Crippen LogP contribution in [0.4, 0.5) is 0 Å². The smallest absolute Gasteiger partial charge is 0.179 e. The molecule has 1 aliphatic heterocycles. The van der Waals surface area contributed by atoms with Crippen LogP contribution in [-0.2, 0) is 6.54 Å². The molecule has 1 saturated carbocycles. The fourth-order valence-corrected chi connectivity index (χ4v) is 3.39. The summed E-state index contributed by atoms with van der Waals surface area (Å²) in [5.74, 6) is 2.40. The molecule has 0 unspecified atom stereocenters. The van der Waals surface area contributed by atoms with E-state index in [1.165, 1.54) is 32.1 Å². The van der Waals surface area contributed by atoms with Crippen LogP contribution in [0.1, 0.15) is 37.7 Å². The van der Waals surface area contributed by atoms with Gasteiger partial charge < -0.3 is 14.8 Å². The van der Waals surface area contributed by atoms with Gasteiger partial charge in [-0.05, 0) is 36.6 Å². The molecular weight excluding hydrogens is 274 g/mol. The van der Waals surface area contributed by atoms with E-state index in [2.05, 4.69) is 5.32 Å². The molecule has 0 spiro atoms. The van der Waals surface area contributed by atoms with Crippen molar-refractivity contribution >= 4 is 11.6 Å². The van der Waals surface area contributed by atoms with Crippen molar-refractivity contribution in [1.29, 1.82) is 0 Å². The van der Waals surface area contributed by atoms with E-state index >= 15 is 0 Å². The Labute approximate surface area is 125 Å². The standard InChI is InChI=1S/C16H22ClNO2/c17-14-9-13(10-15-16(14)20-8-7-19-15)11-18-6-5-12-3-1-2-4-12/h9-10,12,18H,1-8,11H2. The summed E-state index contributed by atoms with van der Waals surface area (Å²) < 4.78 is 11.1. The van der Waals surface area contributed by atoms with Crippen LogP contribution in [0.3, 0.4) is 0 Å². The van der Waals surface area contributed by atoms with Crippen molar-refractivity contribution in [3.63, 3.8) is 0 Å². The Kier molecular flexibility index (Phi) is 4.69. The van der Waals surface area contributed by atoms with Crippen molar-refractivity contribution in [2.45, 2.75) is 38.6 Å². The summed E-state index contributed by atoms with van der Waals surface area (Å²) in [6, 6.07) is 4.00. The van der Waals surface area contributed by atoms with Crippen LogP contribution < -0.4 is 14.8 Å². The summed E-state index contributed by atoms with van der Waals surface area (Å²) in [5.41, 5.74) is 1.16. The van der Waals surface area contributed by atoms with E-state index in [1.807, 2.05) is 12.1 Å². The predicted octanol–water partition coefficient (Wildman–Crippen LogP) is 3.78. The lowest BCUT2D eigenvalue weighted by Gasteiger charge is -2.20. The first-order chi connectivity index (χ1) is 9.83. The molecule has 20 heavy (non-hydrogen) atoms. The third kappa shape index (κ3) is 3.39. The van der Waals surface area contributed by atoms with Gasteiger partial charge in [0, 0.05) is 6.54 Å². The second-order valence-corrected chi connectivity index (χ2v) is 6.12. The highest BCUT2D eigenvalue weighted by Crippen LogP contribution is 2.38. The molecule has 3 rings (SSSR count). The Hall–Kier alpha value is -0.930. The molecule has 110 valence electrons. The van der Waals surface area contributed by atoms with E-state index in [1.54, 1.807) is 0 Å². The van der Waals surface area contributed by atoms with Crippen molar-refractivity contribution in [3.8, 4) is 11.5 Å². The molecule has 1 aromatic rings.